The number of unbranched alkanes of at least 4 members (excludes halogenated alkanes) is 1. The van der Waals surface area contributed by atoms with E-state index < -0.39 is 15.9 Å². The molecule has 0 unspecified atom stereocenters. The molecule has 2 saturated heterocycles. The van der Waals surface area contributed by atoms with Gasteiger partial charge < -0.3 is 4.74 Å². The predicted octanol–water partition coefficient (Wildman–Crippen LogP) is 5.41. The summed E-state index contributed by atoms with van der Waals surface area (Å²) in [7, 11) is -3.15. The SMILES string of the molecule is CCCCOc1ccc(-c2nn(-c3ccccc3)cc2/C=C2/SC(=S)N([C@@H]3CCS(=O)(=O)C3)C2=O)cc1C. The predicted molar refractivity (Wildman–Crippen MR) is 156 cm³/mol. The summed E-state index contributed by atoms with van der Waals surface area (Å²) < 4.78 is 32.2. The Balaban J connectivity index is 1.51. The van der Waals surface area contributed by atoms with Crippen LogP contribution in [0.4, 0.5) is 0 Å². The van der Waals surface area contributed by atoms with Crippen LogP contribution in [0.1, 0.15) is 37.3 Å². The summed E-state index contributed by atoms with van der Waals surface area (Å²) in [5.74, 6) is 0.629. The van der Waals surface area contributed by atoms with E-state index in [0.717, 1.165) is 46.7 Å². The Hall–Kier alpha value is -2.95. The van der Waals surface area contributed by atoms with E-state index in [0.29, 0.717) is 22.3 Å². The molecule has 0 spiro atoms. The summed E-state index contributed by atoms with van der Waals surface area (Å²) in [6.07, 6.45) is 6.19. The average molecular weight is 568 g/mol. The molecule has 198 valence electrons. The molecule has 2 aliphatic rings. The highest BCUT2D eigenvalue weighted by Gasteiger charge is 2.42. The maximum absolute atomic E-state index is 13.4. The van der Waals surface area contributed by atoms with Gasteiger partial charge in [-0.2, -0.15) is 5.10 Å². The molecule has 2 fully saturated rings. The van der Waals surface area contributed by atoms with E-state index in [1.54, 1.807) is 4.68 Å². The Labute approximate surface area is 232 Å². The first-order chi connectivity index (χ1) is 18.3. The maximum Gasteiger partial charge on any atom is 0.266 e. The number of ether oxygens (including phenoxy) is 1. The normalized spacial score (nSPS) is 20.0. The van der Waals surface area contributed by atoms with Crippen molar-refractivity contribution in [2.45, 2.75) is 39.2 Å². The van der Waals surface area contributed by atoms with Crippen molar-refractivity contribution < 1.29 is 17.9 Å². The second-order valence-electron chi connectivity index (χ2n) is 9.50. The highest BCUT2D eigenvalue weighted by molar-refractivity contribution is 8.26. The van der Waals surface area contributed by atoms with Crippen LogP contribution in [0, 0.1) is 6.92 Å². The number of rotatable bonds is 8. The van der Waals surface area contributed by atoms with Gasteiger partial charge in [0.25, 0.3) is 5.91 Å². The van der Waals surface area contributed by atoms with Crippen LogP contribution in [0.3, 0.4) is 0 Å². The lowest BCUT2D eigenvalue weighted by atomic mass is 10.0. The van der Waals surface area contributed by atoms with Gasteiger partial charge in [0.05, 0.1) is 34.7 Å². The number of nitrogens with zero attached hydrogens (tertiary/aromatic N) is 3. The van der Waals surface area contributed by atoms with Gasteiger partial charge in [0.1, 0.15) is 15.8 Å². The van der Waals surface area contributed by atoms with Crippen LogP contribution in [-0.2, 0) is 14.6 Å². The molecule has 1 aromatic heterocycles. The van der Waals surface area contributed by atoms with E-state index in [1.165, 1.54) is 16.7 Å². The average Bonchev–Trinajstić information content (AvgIpc) is 3.55. The van der Waals surface area contributed by atoms with E-state index in [2.05, 4.69) is 6.92 Å². The maximum atomic E-state index is 13.4. The molecule has 2 aromatic carbocycles. The Morgan fingerprint density at radius 3 is 2.68 bits per heavy atom. The number of aryl methyl sites for hydroxylation is 1. The van der Waals surface area contributed by atoms with E-state index >= 15 is 0 Å². The lowest BCUT2D eigenvalue weighted by Gasteiger charge is -2.20. The third-order valence-corrected chi connectivity index (χ3v) is 9.73. The number of aromatic nitrogens is 2. The number of carbonyl (C=O) groups excluding carboxylic acids is 1. The van der Waals surface area contributed by atoms with Crippen LogP contribution < -0.4 is 4.74 Å². The molecule has 5 rings (SSSR count). The van der Waals surface area contributed by atoms with Crippen LogP contribution in [-0.4, -0.2) is 57.5 Å². The van der Waals surface area contributed by atoms with Crippen molar-refractivity contribution in [3.05, 3.63) is 70.8 Å². The molecule has 3 aromatic rings. The fraction of sp³-hybridized carbons (Fsp3) is 0.321. The molecule has 0 N–H and O–H groups in total. The van der Waals surface area contributed by atoms with Gasteiger partial charge in [-0.1, -0.05) is 55.5 Å². The first-order valence-corrected chi connectivity index (χ1v) is 15.7. The molecular formula is C28H29N3O4S3. The summed E-state index contributed by atoms with van der Waals surface area (Å²) in [6, 6.07) is 15.4. The fourth-order valence-corrected chi connectivity index (χ4v) is 7.72. The van der Waals surface area contributed by atoms with Crippen molar-refractivity contribution in [2.24, 2.45) is 0 Å². The summed E-state index contributed by atoms with van der Waals surface area (Å²) in [5, 5.41) is 4.88. The summed E-state index contributed by atoms with van der Waals surface area (Å²) in [6.45, 7) is 4.82. The van der Waals surface area contributed by atoms with Crippen LogP contribution >= 0.6 is 24.0 Å². The lowest BCUT2D eigenvalue weighted by Crippen LogP contribution is -2.39. The Morgan fingerprint density at radius 2 is 2.00 bits per heavy atom. The zero-order valence-electron chi connectivity index (χ0n) is 21.3. The highest BCUT2D eigenvalue weighted by atomic mass is 32.2. The topological polar surface area (TPSA) is 81.5 Å². The number of benzene rings is 2. The van der Waals surface area contributed by atoms with Crippen LogP contribution in [0.2, 0.25) is 0 Å². The van der Waals surface area contributed by atoms with E-state index in [-0.39, 0.29) is 17.4 Å². The number of hydrogen-bond acceptors (Lipinski definition) is 7. The molecule has 0 radical (unpaired) electrons. The van der Waals surface area contributed by atoms with Gasteiger partial charge in [-0.15, -0.1) is 0 Å². The van der Waals surface area contributed by atoms with Gasteiger partial charge in [-0.25, -0.2) is 13.1 Å². The second-order valence-corrected chi connectivity index (χ2v) is 13.4. The number of hydrogen-bond donors (Lipinski definition) is 0. The zero-order valence-corrected chi connectivity index (χ0v) is 23.7. The third-order valence-electron chi connectivity index (χ3n) is 6.65. The fourth-order valence-electron chi connectivity index (χ4n) is 4.63. The number of thiocarbonyl (C=S) groups is 1. The molecule has 3 heterocycles. The zero-order chi connectivity index (χ0) is 26.9. The Bertz CT molecular complexity index is 1510. The smallest absolute Gasteiger partial charge is 0.266 e. The van der Waals surface area contributed by atoms with E-state index in [9.17, 15) is 13.2 Å². The number of carbonyl (C=O) groups is 1. The largest absolute Gasteiger partial charge is 0.493 e. The summed E-state index contributed by atoms with van der Waals surface area (Å²) in [4.78, 5) is 15.3. The molecule has 1 amide bonds. The minimum Gasteiger partial charge on any atom is -0.493 e. The molecule has 2 aliphatic heterocycles. The molecule has 38 heavy (non-hydrogen) atoms. The third kappa shape index (κ3) is 5.57. The standard InChI is InChI=1S/C28H29N3O4S3/c1-3-4-13-35-24-11-10-20(15-19(24)2)26-21(17-30(29-26)22-8-6-5-7-9-22)16-25-27(32)31(28(36)37-25)23-12-14-38(33,34)18-23/h5-11,15-17,23H,3-4,12-14,18H2,1-2H3/b25-16+/t23-/m1/s1. The van der Waals surface area contributed by atoms with Gasteiger partial charge in [-0.3, -0.25) is 9.69 Å². The van der Waals surface area contributed by atoms with Gasteiger partial charge in [-0.05, 0) is 61.7 Å². The number of thioether (sulfide) groups is 1. The number of amides is 1. The number of para-hydroxylation sites is 1. The lowest BCUT2D eigenvalue weighted by molar-refractivity contribution is -0.123. The van der Waals surface area contributed by atoms with Crippen molar-refractivity contribution in [1.82, 2.24) is 14.7 Å². The number of sulfone groups is 1. The van der Waals surface area contributed by atoms with Gasteiger partial charge >= 0.3 is 0 Å². The van der Waals surface area contributed by atoms with Crippen molar-refractivity contribution in [3.63, 3.8) is 0 Å². The first-order valence-electron chi connectivity index (χ1n) is 12.6. The minimum absolute atomic E-state index is 0.0458. The first kappa shape index (κ1) is 26.6. The summed E-state index contributed by atoms with van der Waals surface area (Å²) in [5.41, 5.74) is 4.31. The summed E-state index contributed by atoms with van der Waals surface area (Å²) >= 11 is 6.71. The van der Waals surface area contributed by atoms with Crippen molar-refractivity contribution >= 4 is 50.1 Å². The van der Waals surface area contributed by atoms with Gasteiger partial charge in [0.15, 0.2) is 9.84 Å². The molecule has 0 saturated carbocycles. The second kappa shape index (κ2) is 11.0. The van der Waals surface area contributed by atoms with Gasteiger partial charge in [0, 0.05) is 17.3 Å². The molecule has 0 aliphatic carbocycles. The quantitative estimate of drug-likeness (QED) is 0.204. The van der Waals surface area contributed by atoms with Crippen molar-refractivity contribution in [3.8, 4) is 22.7 Å². The Kier molecular flexibility index (Phi) is 7.74. The highest BCUT2D eigenvalue weighted by Crippen LogP contribution is 2.38. The van der Waals surface area contributed by atoms with E-state index in [4.69, 9.17) is 22.1 Å². The van der Waals surface area contributed by atoms with Crippen molar-refractivity contribution in [1.29, 1.82) is 0 Å². The van der Waals surface area contributed by atoms with E-state index in [1.807, 2.05) is 67.7 Å². The van der Waals surface area contributed by atoms with Crippen molar-refractivity contribution in [2.75, 3.05) is 18.1 Å². The monoisotopic (exact) mass is 567 g/mol. The molecule has 0 bridgehead atoms. The molecule has 1 atom stereocenters. The molecule has 10 heteroatoms. The molecular weight excluding hydrogens is 539 g/mol. The van der Waals surface area contributed by atoms with Crippen LogP contribution in [0.15, 0.2) is 59.6 Å². The van der Waals surface area contributed by atoms with Gasteiger partial charge in [0.2, 0.25) is 0 Å². The Morgan fingerprint density at radius 1 is 1.21 bits per heavy atom. The minimum atomic E-state index is -3.15. The van der Waals surface area contributed by atoms with Crippen LogP contribution in [0.25, 0.3) is 23.0 Å². The van der Waals surface area contributed by atoms with Crippen LogP contribution in [0.5, 0.6) is 5.75 Å². The molecule has 7 nitrogen and oxygen atoms in total.